The van der Waals surface area contributed by atoms with Gasteiger partial charge in [0.05, 0.1) is 17.0 Å². The molecule has 0 aliphatic heterocycles. The second-order valence-corrected chi connectivity index (χ2v) is 6.73. The molecule has 0 aliphatic carbocycles. The molecule has 3 aromatic rings. The molecule has 0 fully saturated rings. The van der Waals surface area contributed by atoms with Crippen molar-refractivity contribution in [3.8, 4) is 11.5 Å². The lowest BCUT2D eigenvalue weighted by Gasteiger charge is -2.13. The number of amides is 1. The van der Waals surface area contributed by atoms with E-state index in [0.717, 1.165) is 0 Å². The van der Waals surface area contributed by atoms with Gasteiger partial charge in [0.15, 0.2) is 0 Å². The van der Waals surface area contributed by atoms with Crippen molar-refractivity contribution in [1.82, 2.24) is 10.3 Å². The first-order chi connectivity index (χ1) is 13.1. The van der Waals surface area contributed by atoms with E-state index in [-0.39, 0.29) is 24.5 Å². The molecule has 0 spiro atoms. The van der Waals surface area contributed by atoms with Crippen LogP contribution in [0.15, 0.2) is 54.0 Å². The summed E-state index contributed by atoms with van der Waals surface area (Å²) in [4.78, 5) is 28.4. The van der Waals surface area contributed by atoms with Crippen molar-refractivity contribution in [2.75, 3.05) is 7.05 Å². The number of hydrogen-bond donors (Lipinski definition) is 1. The molecule has 0 aliphatic rings. The van der Waals surface area contributed by atoms with Crippen molar-refractivity contribution in [2.24, 2.45) is 0 Å². The number of nitrogens with zero attached hydrogens (tertiary/aromatic N) is 1. The van der Waals surface area contributed by atoms with Crippen LogP contribution in [0.4, 0.5) is 4.39 Å². The summed E-state index contributed by atoms with van der Waals surface area (Å²) >= 11 is 1.40. The number of Topliss-reactive ketones (excluding diaryl/α,β-unsaturated/α-hetero) is 1. The highest BCUT2D eigenvalue weighted by Gasteiger charge is 2.16. The number of rotatable bonds is 7. The van der Waals surface area contributed by atoms with E-state index in [1.165, 1.54) is 36.6 Å². The van der Waals surface area contributed by atoms with Gasteiger partial charge in [0.25, 0.3) is 5.91 Å². The van der Waals surface area contributed by atoms with Crippen LogP contribution in [-0.4, -0.2) is 23.7 Å². The number of benzene rings is 2. The van der Waals surface area contributed by atoms with Gasteiger partial charge in [-0.05, 0) is 30.3 Å². The van der Waals surface area contributed by atoms with Gasteiger partial charge in [-0.15, -0.1) is 11.3 Å². The van der Waals surface area contributed by atoms with E-state index in [4.69, 9.17) is 4.74 Å². The Kier molecular flexibility index (Phi) is 5.93. The van der Waals surface area contributed by atoms with Crippen molar-refractivity contribution in [2.45, 2.75) is 12.8 Å². The van der Waals surface area contributed by atoms with Gasteiger partial charge in [0.2, 0.25) is 0 Å². The molecular weight excluding hydrogens is 367 g/mol. The van der Waals surface area contributed by atoms with Gasteiger partial charge in [0.1, 0.15) is 23.1 Å². The fraction of sp³-hybridized carbons (Fsp3) is 0.150. The molecule has 0 radical (unpaired) electrons. The second kappa shape index (κ2) is 8.55. The molecule has 0 saturated heterocycles. The first-order valence-corrected chi connectivity index (χ1v) is 9.12. The Labute approximate surface area is 159 Å². The van der Waals surface area contributed by atoms with E-state index < -0.39 is 5.82 Å². The number of halogens is 1. The SMILES string of the molecule is CNC(=O)c1ccccc1Oc1ccc(F)cc1CC(=O)Cc1nccs1. The maximum atomic E-state index is 13.7. The van der Waals surface area contributed by atoms with E-state index in [1.54, 1.807) is 35.8 Å². The number of nitrogens with one attached hydrogen (secondary N) is 1. The number of carbonyl (C=O) groups is 2. The van der Waals surface area contributed by atoms with Crippen LogP contribution >= 0.6 is 11.3 Å². The van der Waals surface area contributed by atoms with Gasteiger partial charge in [-0.2, -0.15) is 0 Å². The van der Waals surface area contributed by atoms with Crippen LogP contribution < -0.4 is 10.1 Å². The predicted octanol–water partition coefficient (Wildman–Crippen LogP) is 3.79. The van der Waals surface area contributed by atoms with Crippen LogP contribution in [0, 0.1) is 5.82 Å². The van der Waals surface area contributed by atoms with Gasteiger partial charge < -0.3 is 10.1 Å². The summed E-state index contributed by atoms with van der Waals surface area (Å²) in [6.07, 6.45) is 1.83. The van der Waals surface area contributed by atoms with Gasteiger partial charge in [0, 0.05) is 30.6 Å². The highest BCUT2D eigenvalue weighted by molar-refractivity contribution is 7.09. The monoisotopic (exact) mass is 384 g/mol. The third-order valence-electron chi connectivity index (χ3n) is 3.82. The normalized spacial score (nSPS) is 10.4. The minimum atomic E-state index is -0.459. The van der Waals surface area contributed by atoms with Gasteiger partial charge >= 0.3 is 0 Å². The number of ether oxygens (including phenoxy) is 1. The minimum Gasteiger partial charge on any atom is -0.456 e. The zero-order chi connectivity index (χ0) is 19.2. The summed E-state index contributed by atoms with van der Waals surface area (Å²) < 4.78 is 19.6. The highest BCUT2D eigenvalue weighted by atomic mass is 32.1. The van der Waals surface area contributed by atoms with E-state index in [9.17, 15) is 14.0 Å². The van der Waals surface area contributed by atoms with E-state index >= 15 is 0 Å². The van der Waals surface area contributed by atoms with Crippen molar-refractivity contribution in [3.05, 3.63) is 76.0 Å². The van der Waals surface area contributed by atoms with Crippen LogP contribution in [0.5, 0.6) is 11.5 Å². The maximum Gasteiger partial charge on any atom is 0.254 e. The number of hydrogen-bond acceptors (Lipinski definition) is 5. The van der Waals surface area contributed by atoms with Crippen molar-refractivity contribution >= 4 is 23.0 Å². The van der Waals surface area contributed by atoms with Crippen molar-refractivity contribution in [3.63, 3.8) is 0 Å². The number of aromatic nitrogens is 1. The summed E-state index contributed by atoms with van der Waals surface area (Å²) in [5.41, 5.74) is 0.771. The van der Waals surface area contributed by atoms with Crippen molar-refractivity contribution in [1.29, 1.82) is 0 Å². The molecule has 1 amide bonds. The Morgan fingerprint density at radius 2 is 1.96 bits per heavy atom. The average molecular weight is 384 g/mol. The van der Waals surface area contributed by atoms with Crippen LogP contribution in [0.3, 0.4) is 0 Å². The van der Waals surface area contributed by atoms with Gasteiger partial charge in [-0.3, -0.25) is 9.59 Å². The maximum absolute atomic E-state index is 13.7. The quantitative estimate of drug-likeness (QED) is 0.673. The molecule has 27 heavy (non-hydrogen) atoms. The fourth-order valence-electron chi connectivity index (χ4n) is 2.57. The number of para-hydroxylation sites is 1. The van der Waals surface area contributed by atoms with Crippen LogP contribution in [-0.2, 0) is 17.6 Å². The van der Waals surface area contributed by atoms with Crippen LogP contribution in [0.25, 0.3) is 0 Å². The van der Waals surface area contributed by atoms with E-state index in [2.05, 4.69) is 10.3 Å². The second-order valence-electron chi connectivity index (χ2n) is 5.75. The van der Waals surface area contributed by atoms with E-state index in [1.807, 2.05) is 0 Å². The van der Waals surface area contributed by atoms with E-state index in [0.29, 0.717) is 27.6 Å². The molecular formula is C20H17FN2O3S. The summed E-state index contributed by atoms with van der Waals surface area (Å²) in [7, 11) is 1.53. The molecule has 1 N–H and O–H groups in total. The smallest absolute Gasteiger partial charge is 0.254 e. The molecule has 0 bridgehead atoms. The lowest BCUT2D eigenvalue weighted by Crippen LogP contribution is -2.18. The summed E-state index contributed by atoms with van der Waals surface area (Å²) in [5, 5.41) is 5.06. The Bertz CT molecular complexity index is 958. The lowest BCUT2D eigenvalue weighted by molar-refractivity contribution is -0.117. The first-order valence-electron chi connectivity index (χ1n) is 8.24. The molecule has 1 aromatic heterocycles. The summed E-state index contributed by atoms with van der Waals surface area (Å²) in [5.74, 6) is -0.189. The molecule has 138 valence electrons. The molecule has 0 unspecified atom stereocenters. The molecule has 3 rings (SSSR count). The third-order valence-corrected chi connectivity index (χ3v) is 4.60. The van der Waals surface area contributed by atoms with Crippen molar-refractivity contribution < 1.29 is 18.7 Å². The number of thiazole rings is 1. The Morgan fingerprint density at radius 1 is 1.15 bits per heavy atom. The Hall–Kier alpha value is -3.06. The van der Waals surface area contributed by atoms with Gasteiger partial charge in [-0.1, -0.05) is 12.1 Å². The lowest BCUT2D eigenvalue weighted by atomic mass is 10.1. The van der Waals surface area contributed by atoms with Gasteiger partial charge in [-0.25, -0.2) is 9.37 Å². The highest BCUT2D eigenvalue weighted by Crippen LogP contribution is 2.29. The molecule has 7 heteroatoms. The third kappa shape index (κ3) is 4.77. The molecule has 2 aromatic carbocycles. The average Bonchev–Trinajstić information content (AvgIpc) is 3.16. The first kappa shape index (κ1) is 18.7. The summed E-state index contributed by atoms with van der Waals surface area (Å²) in [6, 6.07) is 10.7. The predicted molar refractivity (Wildman–Crippen MR) is 101 cm³/mol. The minimum absolute atomic E-state index is 0.00874. The number of carbonyl (C=O) groups excluding carboxylic acids is 2. The number of ketones is 1. The molecule has 5 nitrogen and oxygen atoms in total. The van der Waals surface area contributed by atoms with Crippen LogP contribution in [0.2, 0.25) is 0 Å². The molecule has 0 atom stereocenters. The zero-order valence-corrected chi connectivity index (χ0v) is 15.4. The molecule has 1 heterocycles. The molecule has 0 saturated carbocycles. The standard InChI is InChI=1S/C20H17FN2O3S/c1-22-20(25)16-4-2-3-5-18(16)26-17-7-6-14(21)10-13(17)11-15(24)12-19-23-8-9-27-19/h2-10H,11-12H2,1H3,(H,22,25). The largest absolute Gasteiger partial charge is 0.456 e. The Balaban J connectivity index is 1.84. The fourth-order valence-corrected chi connectivity index (χ4v) is 3.21. The topological polar surface area (TPSA) is 68.3 Å². The Morgan fingerprint density at radius 3 is 2.70 bits per heavy atom. The van der Waals surface area contributed by atoms with Crippen LogP contribution in [0.1, 0.15) is 20.9 Å². The zero-order valence-electron chi connectivity index (χ0n) is 14.6. The summed E-state index contributed by atoms with van der Waals surface area (Å²) in [6.45, 7) is 0.